The van der Waals surface area contributed by atoms with Gasteiger partial charge in [-0.2, -0.15) is 0 Å². The van der Waals surface area contributed by atoms with E-state index < -0.39 is 5.97 Å². The SMILES string of the molecule is CCOC(=O)/C(C=Nc1ccccc1OC)=C(/C)O. The van der Waals surface area contributed by atoms with E-state index in [-0.39, 0.29) is 17.9 Å². The zero-order valence-corrected chi connectivity index (χ0v) is 11.2. The monoisotopic (exact) mass is 263 g/mol. The highest BCUT2D eigenvalue weighted by Gasteiger charge is 2.12. The first kappa shape index (κ1) is 14.8. The van der Waals surface area contributed by atoms with Crippen LogP contribution in [0.25, 0.3) is 0 Å². The Hall–Kier alpha value is -2.30. The summed E-state index contributed by atoms with van der Waals surface area (Å²) in [5, 5.41) is 9.47. The number of ether oxygens (including phenoxy) is 2. The first-order chi connectivity index (χ1) is 9.10. The Bertz CT molecular complexity index is 502. The van der Waals surface area contributed by atoms with Crippen molar-refractivity contribution in [2.75, 3.05) is 13.7 Å². The Kier molecular flexibility index (Phi) is 5.60. The third-order valence-corrected chi connectivity index (χ3v) is 2.30. The average Bonchev–Trinajstić information content (AvgIpc) is 2.39. The Morgan fingerprint density at radius 2 is 2.11 bits per heavy atom. The molecule has 0 spiro atoms. The van der Waals surface area contributed by atoms with Crippen molar-refractivity contribution in [1.29, 1.82) is 0 Å². The molecule has 0 aliphatic carbocycles. The largest absolute Gasteiger partial charge is 0.512 e. The molecule has 0 heterocycles. The summed E-state index contributed by atoms with van der Waals surface area (Å²) >= 11 is 0. The molecule has 1 rings (SSSR count). The second-order valence-corrected chi connectivity index (χ2v) is 3.65. The number of para-hydroxylation sites is 2. The van der Waals surface area contributed by atoms with E-state index in [4.69, 9.17) is 9.47 Å². The maximum Gasteiger partial charge on any atom is 0.343 e. The van der Waals surface area contributed by atoms with E-state index in [1.165, 1.54) is 20.2 Å². The number of aliphatic hydroxyl groups excluding tert-OH is 1. The zero-order chi connectivity index (χ0) is 14.3. The lowest BCUT2D eigenvalue weighted by Gasteiger charge is -2.05. The highest BCUT2D eigenvalue weighted by atomic mass is 16.5. The molecule has 0 atom stereocenters. The second kappa shape index (κ2) is 7.20. The van der Waals surface area contributed by atoms with Crippen LogP contribution in [0.1, 0.15) is 13.8 Å². The second-order valence-electron chi connectivity index (χ2n) is 3.65. The number of carbonyl (C=O) groups is 1. The summed E-state index contributed by atoms with van der Waals surface area (Å²) in [4.78, 5) is 15.7. The fourth-order valence-electron chi connectivity index (χ4n) is 1.37. The average molecular weight is 263 g/mol. The van der Waals surface area contributed by atoms with Gasteiger partial charge in [-0.3, -0.25) is 4.99 Å². The molecule has 0 saturated heterocycles. The molecule has 0 saturated carbocycles. The summed E-state index contributed by atoms with van der Waals surface area (Å²) in [6.45, 7) is 3.33. The summed E-state index contributed by atoms with van der Waals surface area (Å²) in [5.41, 5.74) is 0.584. The molecule has 0 radical (unpaired) electrons. The molecule has 0 aliphatic rings. The highest BCUT2D eigenvalue weighted by Crippen LogP contribution is 2.26. The van der Waals surface area contributed by atoms with Gasteiger partial charge < -0.3 is 14.6 Å². The van der Waals surface area contributed by atoms with Crippen LogP contribution < -0.4 is 4.74 Å². The van der Waals surface area contributed by atoms with Gasteiger partial charge in [0.1, 0.15) is 22.8 Å². The fourth-order valence-corrected chi connectivity index (χ4v) is 1.37. The van der Waals surface area contributed by atoms with Gasteiger partial charge in [0.05, 0.1) is 13.7 Å². The molecule has 102 valence electrons. The third kappa shape index (κ3) is 4.13. The Morgan fingerprint density at radius 1 is 1.42 bits per heavy atom. The predicted octanol–water partition coefficient (Wildman–Crippen LogP) is 2.79. The molecule has 0 fully saturated rings. The van der Waals surface area contributed by atoms with Crippen LogP contribution in [0.2, 0.25) is 0 Å². The number of aliphatic imine (C=N–C) groups is 1. The van der Waals surface area contributed by atoms with Crippen molar-refractivity contribution in [3.05, 3.63) is 35.6 Å². The van der Waals surface area contributed by atoms with Crippen LogP contribution in [-0.4, -0.2) is 31.0 Å². The van der Waals surface area contributed by atoms with Crippen molar-refractivity contribution in [1.82, 2.24) is 0 Å². The quantitative estimate of drug-likeness (QED) is 0.384. The molecule has 5 nitrogen and oxygen atoms in total. The third-order valence-electron chi connectivity index (χ3n) is 2.30. The summed E-state index contributed by atoms with van der Waals surface area (Å²) in [5.74, 6) is -0.171. The first-order valence-corrected chi connectivity index (χ1v) is 5.84. The topological polar surface area (TPSA) is 68.1 Å². The number of hydrogen-bond acceptors (Lipinski definition) is 5. The van der Waals surface area contributed by atoms with Gasteiger partial charge in [0, 0.05) is 6.21 Å². The molecule has 19 heavy (non-hydrogen) atoms. The highest BCUT2D eigenvalue weighted by molar-refractivity contribution is 6.10. The minimum atomic E-state index is -0.610. The van der Waals surface area contributed by atoms with Crippen molar-refractivity contribution < 1.29 is 19.4 Å². The van der Waals surface area contributed by atoms with Crippen LogP contribution in [-0.2, 0) is 9.53 Å². The summed E-state index contributed by atoms with van der Waals surface area (Å²) < 4.78 is 9.97. The van der Waals surface area contributed by atoms with Gasteiger partial charge in [0.25, 0.3) is 0 Å². The molecule has 0 unspecified atom stereocenters. The van der Waals surface area contributed by atoms with Crippen LogP contribution in [0.5, 0.6) is 5.75 Å². The number of esters is 1. The normalized spacial score (nSPS) is 12.2. The summed E-state index contributed by atoms with van der Waals surface area (Å²) in [6.07, 6.45) is 1.27. The van der Waals surface area contributed by atoms with Crippen LogP contribution in [0, 0.1) is 0 Å². The van der Waals surface area contributed by atoms with Gasteiger partial charge in [0.15, 0.2) is 0 Å². The fraction of sp³-hybridized carbons (Fsp3) is 0.286. The number of aliphatic hydroxyl groups is 1. The maximum absolute atomic E-state index is 11.6. The van der Waals surface area contributed by atoms with Crippen molar-refractivity contribution in [2.45, 2.75) is 13.8 Å². The van der Waals surface area contributed by atoms with E-state index in [2.05, 4.69) is 4.99 Å². The van der Waals surface area contributed by atoms with Crippen molar-refractivity contribution in [3.63, 3.8) is 0 Å². The number of carbonyl (C=O) groups excluding carboxylic acids is 1. The van der Waals surface area contributed by atoms with Crippen LogP contribution in [0.15, 0.2) is 40.6 Å². The molecular weight excluding hydrogens is 246 g/mol. The summed E-state index contributed by atoms with van der Waals surface area (Å²) in [6, 6.07) is 7.11. The van der Waals surface area contributed by atoms with Gasteiger partial charge in [-0.25, -0.2) is 4.79 Å². The molecule has 0 aliphatic heterocycles. The standard InChI is InChI=1S/C14H17NO4/c1-4-19-14(17)11(10(2)16)9-15-12-7-5-6-8-13(12)18-3/h5-9,16H,4H2,1-3H3/b11-10-,15-9?. The van der Waals surface area contributed by atoms with Gasteiger partial charge in [-0.15, -0.1) is 0 Å². The minimum absolute atomic E-state index is 0.0211. The number of benzene rings is 1. The molecular formula is C14H17NO4. The zero-order valence-electron chi connectivity index (χ0n) is 11.2. The lowest BCUT2D eigenvalue weighted by molar-refractivity contribution is -0.138. The van der Waals surface area contributed by atoms with E-state index in [0.29, 0.717) is 11.4 Å². The number of hydrogen-bond donors (Lipinski definition) is 1. The Balaban J connectivity index is 3.00. The smallest absolute Gasteiger partial charge is 0.343 e. The predicted molar refractivity (Wildman–Crippen MR) is 73.1 cm³/mol. The molecule has 1 N–H and O–H groups in total. The van der Waals surface area contributed by atoms with Crippen LogP contribution in [0.4, 0.5) is 5.69 Å². The van der Waals surface area contributed by atoms with E-state index in [9.17, 15) is 9.90 Å². The van der Waals surface area contributed by atoms with Crippen LogP contribution in [0.3, 0.4) is 0 Å². The molecule has 0 bridgehead atoms. The van der Waals surface area contributed by atoms with E-state index in [1.54, 1.807) is 25.1 Å². The number of allylic oxidation sites excluding steroid dienone is 1. The van der Waals surface area contributed by atoms with Crippen molar-refractivity contribution >= 4 is 17.9 Å². The molecule has 0 amide bonds. The Morgan fingerprint density at radius 3 is 2.68 bits per heavy atom. The Labute approximate surface area is 112 Å². The van der Waals surface area contributed by atoms with E-state index >= 15 is 0 Å². The molecule has 1 aromatic rings. The summed E-state index contributed by atoms with van der Waals surface area (Å²) in [7, 11) is 1.54. The van der Waals surface area contributed by atoms with Crippen molar-refractivity contribution in [3.8, 4) is 5.75 Å². The lowest BCUT2D eigenvalue weighted by Crippen LogP contribution is -2.10. The maximum atomic E-state index is 11.6. The number of rotatable bonds is 5. The van der Waals surface area contributed by atoms with Crippen molar-refractivity contribution in [2.24, 2.45) is 4.99 Å². The van der Waals surface area contributed by atoms with E-state index in [0.717, 1.165) is 0 Å². The molecule has 5 heteroatoms. The van der Waals surface area contributed by atoms with Gasteiger partial charge in [-0.1, -0.05) is 12.1 Å². The molecule has 1 aromatic carbocycles. The first-order valence-electron chi connectivity index (χ1n) is 5.84. The number of methoxy groups -OCH3 is 1. The van der Waals surface area contributed by atoms with Crippen LogP contribution >= 0.6 is 0 Å². The van der Waals surface area contributed by atoms with Gasteiger partial charge in [-0.05, 0) is 26.0 Å². The number of nitrogens with zero attached hydrogens (tertiary/aromatic N) is 1. The van der Waals surface area contributed by atoms with Gasteiger partial charge in [0.2, 0.25) is 0 Å². The van der Waals surface area contributed by atoms with Gasteiger partial charge >= 0.3 is 5.97 Å². The minimum Gasteiger partial charge on any atom is -0.512 e. The molecule has 0 aromatic heterocycles. The van der Waals surface area contributed by atoms with E-state index in [1.807, 2.05) is 6.07 Å². The lowest BCUT2D eigenvalue weighted by atomic mass is 10.2.